The minimum absolute atomic E-state index is 0.757. The molecule has 2 nitrogen and oxygen atoms in total. The third kappa shape index (κ3) is 4.31. The second-order valence-electron chi connectivity index (χ2n) is 4.54. The Kier molecular flexibility index (Phi) is 5.26. The minimum atomic E-state index is 0.757. The lowest BCUT2D eigenvalue weighted by molar-refractivity contribution is 0.394. The van der Waals surface area contributed by atoms with Gasteiger partial charge in [-0.3, -0.25) is 0 Å². The van der Waals surface area contributed by atoms with Crippen molar-refractivity contribution < 1.29 is 0 Å². The third-order valence-corrected chi connectivity index (χ3v) is 3.97. The summed E-state index contributed by atoms with van der Waals surface area (Å²) >= 11 is 1.76. The van der Waals surface area contributed by atoms with Crippen molar-refractivity contribution in [3.63, 3.8) is 0 Å². The molecule has 1 aromatic rings. The van der Waals surface area contributed by atoms with Crippen LogP contribution in [-0.4, -0.2) is 18.1 Å². The highest BCUT2D eigenvalue weighted by molar-refractivity contribution is 7.09. The molecule has 15 heavy (non-hydrogen) atoms. The monoisotopic (exact) mass is 226 g/mol. The van der Waals surface area contributed by atoms with Gasteiger partial charge in [0.15, 0.2) is 0 Å². The number of aryl methyl sites for hydroxylation is 1. The first kappa shape index (κ1) is 12.7. The summed E-state index contributed by atoms with van der Waals surface area (Å²) in [6.07, 6.45) is 1.11. The molecule has 86 valence electrons. The van der Waals surface area contributed by atoms with E-state index in [4.69, 9.17) is 0 Å². The van der Waals surface area contributed by atoms with Crippen LogP contribution < -0.4 is 5.32 Å². The van der Waals surface area contributed by atoms with Crippen molar-refractivity contribution in [3.05, 3.63) is 16.1 Å². The van der Waals surface area contributed by atoms with Crippen LogP contribution in [0, 0.1) is 18.8 Å². The molecular formula is C12H22N2S. The fourth-order valence-corrected chi connectivity index (χ4v) is 2.11. The zero-order valence-electron chi connectivity index (χ0n) is 10.2. The summed E-state index contributed by atoms with van der Waals surface area (Å²) in [5, 5.41) is 3.51. The van der Waals surface area contributed by atoms with Crippen molar-refractivity contribution in [3.8, 4) is 0 Å². The van der Waals surface area contributed by atoms with E-state index in [1.807, 2.05) is 5.51 Å². The average molecular weight is 226 g/mol. The number of hydrogen-bond donors (Lipinski definition) is 1. The number of aromatic nitrogens is 1. The van der Waals surface area contributed by atoms with E-state index in [9.17, 15) is 0 Å². The first-order valence-electron chi connectivity index (χ1n) is 5.71. The minimum Gasteiger partial charge on any atom is -0.316 e. The number of hydrogen-bond acceptors (Lipinski definition) is 3. The van der Waals surface area contributed by atoms with Crippen LogP contribution in [0.3, 0.4) is 0 Å². The Labute approximate surface area is 97.1 Å². The molecule has 0 aromatic carbocycles. The Hall–Kier alpha value is -0.410. The first-order valence-corrected chi connectivity index (χ1v) is 6.59. The Morgan fingerprint density at radius 3 is 2.67 bits per heavy atom. The van der Waals surface area contributed by atoms with Crippen LogP contribution in [0.1, 0.15) is 31.3 Å². The quantitative estimate of drug-likeness (QED) is 0.755. The Bertz CT molecular complexity index is 281. The van der Waals surface area contributed by atoms with Crippen LogP contribution >= 0.6 is 11.3 Å². The lowest BCUT2D eigenvalue weighted by Gasteiger charge is -2.15. The van der Waals surface area contributed by atoms with Gasteiger partial charge in [0, 0.05) is 11.4 Å². The molecule has 0 saturated heterocycles. The van der Waals surface area contributed by atoms with Gasteiger partial charge >= 0.3 is 0 Å². The van der Waals surface area contributed by atoms with Crippen molar-refractivity contribution in [1.29, 1.82) is 0 Å². The molecule has 1 atom stereocenters. The summed E-state index contributed by atoms with van der Waals surface area (Å²) < 4.78 is 0. The fourth-order valence-electron chi connectivity index (χ4n) is 1.33. The summed E-state index contributed by atoms with van der Waals surface area (Å²) in [5.41, 5.74) is 3.13. The molecule has 1 unspecified atom stereocenters. The van der Waals surface area contributed by atoms with Crippen molar-refractivity contribution in [2.75, 3.05) is 13.1 Å². The van der Waals surface area contributed by atoms with Crippen LogP contribution in [0.2, 0.25) is 0 Å². The molecular weight excluding hydrogens is 204 g/mol. The lowest BCUT2D eigenvalue weighted by atomic mass is 9.98. The molecule has 1 aromatic heterocycles. The Balaban J connectivity index is 2.15. The van der Waals surface area contributed by atoms with E-state index in [2.05, 4.69) is 38.0 Å². The van der Waals surface area contributed by atoms with Crippen molar-refractivity contribution >= 4 is 11.3 Å². The van der Waals surface area contributed by atoms with Gasteiger partial charge in [-0.2, -0.15) is 0 Å². The van der Waals surface area contributed by atoms with E-state index < -0.39 is 0 Å². The Morgan fingerprint density at radius 1 is 1.40 bits per heavy atom. The zero-order chi connectivity index (χ0) is 11.3. The molecule has 0 fully saturated rings. The summed E-state index contributed by atoms with van der Waals surface area (Å²) in [6, 6.07) is 0. The van der Waals surface area contributed by atoms with Crippen LogP contribution in [0.15, 0.2) is 5.51 Å². The molecule has 1 heterocycles. The van der Waals surface area contributed by atoms with Crippen LogP contribution in [0.25, 0.3) is 0 Å². The maximum atomic E-state index is 4.25. The molecule has 3 heteroatoms. The smallest absolute Gasteiger partial charge is 0.0797 e. The van der Waals surface area contributed by atoms with Gasteiger partial charge < -0.3 is 5.32 Å². The van der Waals surface area contributed by atoms with Crippen LogP contribution in [0.4, 0.5) is 0 Å². The van der Waals surface area contributed by atoms with Gasteiger partial charge in [-0.05, 0) is 31.7 Å². The molecule has 0 aliphatic carbocycles. The highest BCUT2D eigenvalue weighted by atomic mass is 32.1. The molecule has 0 spiro atoms. The van der Waals surface area contributed by atoms with Crippen LogP contribution in [-0.2, 0) is 6.42 Å². The van der Waals surface area contributed by atoms with Gasteiger partial charge in [0.2, 0.25) is 0 Å². The van der Waals surface area contributed by atoms with Gasteiger partial charge in [-0.1, -0.05) is 20.8 Å². The first-order chi connectivity index (χ1) is 7.11. The number of nitrogens with zero attached hydrogens (tertiary/aromatic N) is 1. The highest BCUT2D eigenvalue weighted by Crippen LogP contribution is 2.12. The van der Waals surface area contributed by atoms with Crippen molar-refractivity contribution in [2.24, 2.45) is 11.8 Å². The van der Waals surface area contributed by atoms with Gasteiger partial charge in [0.25, 0.3) is 0 Å². The summed E-state index contributed by atoms with van der Waals surface area (Å²) in [6.45, 7) is 11.1. The SMILES string of the molecule is Cc1ncsc1CCNCC(C)C(C)C. The predicted octanol–water partition coefficient (Wildman–Crippen LogP) is 2.88. The standard InChI is InChI=1S/C12H22N2S/c1-9(2)10(3)7-13-6-5-12-11(4)14-8-15-12/h8-10,13H,5-7H2,1-4H3. The van der Waals surface area contributed by atoms with Crippen LogP contribution in [0.5, 0.6) is 0 Å². The van der Waals surface area contributed by atoms with E-state index in [0.29, 0.717) is 0 Å². The largest absolute Gasteiger partial charge is 0.316 e. The third-order valence-electron chi connectivity index (χ3n) is 2.98. The molecule has 1 N–H and O–H groups in total. The zero-order valence-corrected chi connectivity index (χ0v) is 11.0. The second-order valence-corrected chi connectivity index (χ2v) is 5.48. The van der Waals surface area contributed by atoms with E-state index in [-0.39, 0.29) is 0 Å². The van der Waals surface area contributed by atoms with Gasteiger partial charge in [-0.15, -0.1) is 11.3 Å². The Morgan fingerprint density at radius 2 is 2.13 bits per heavy atom. The maximum absolute atomic E-state index is 4.25. The van der Waals surface area contributed by atoms with Crippen molar-refractivity contribution in [2.45, 2.75) is 34.1 Å². The molecule has 0 bridgehead atoms. The molecule has 0 radical (unpaired) electrons. The normalized spacial score (nSPS) is 13.4. The number of nitrogens with one attached hydrogen (secondary N) is 1. The number of rotatable bonds is 6. The summed E-state index contributed by atoms with van der Waals surface area (Å²) in [5.74, 6) is 1.52. The lowest BCUT2D eigenvalue weighted by Crippen LogP contribution is -2.26. The summed E-state index contributed by atoms with van der Waals surface area (Å²) in [4.78, 5) is 5.67. The van der Waals surface area contributed by atoms with E-state index >= 15 is 0 Å². The molecule has 1 rings (SSSR count). The van der Waals surface area contributed by atoms with Gasteiger partial charge in [0.1, 0.15) is 0 Å². The topological polar surface area (TPSA) is 24.9 Å². The number of thiazole rings is 1. The molecule has 0 aliphatic heterocycles. The highest BCUT2D eigenvalue weighted by Gasteiger charge is 2.06. The average Bonchev–Trinajstić information content (AvgIpc) is 2.58. The van der Waals surface area contributed by atoms with Gasteiger partial charge in [0.05, 0.1) is 11.2 Å². The van der Waals surface area contributed by atoms with E-state index in [0.717, 1.165) is 31.3 Å². The van der Waals surface area contributed by atoms with Gasteiger partial charge in [-0.25, -0.2) is 4.98 Å². The van der Waals surface area contributed by atoms with Crippen molar-refractivity contribution in [1.82, 2.24) is 10.3 Å². The van der Waals surface area contributed by atoms with E-state index in [1.54, 1.807) is 11.3 Å². The fraction of sp³-hybridized carbons (Fsp3) is 0.750. The molecule has 0 aliphatic rings. The predicted molar refractivity (Wildman–Crippen MR) is 67.4 cm³/mol. The van der Waals surface area contributed by atoms with E-state index in [1.165, 1.54) is 10.6 Å². The molecule has 0 saturated carbocycles. The summed E-state index contributed by atoms with van der Waals surface area (Å²) in [7, 11) is 0. The molecule has 0 amide bonds. The second kappa shape index (κ2) is 6.23. The maximum Gasteiger partial charge on any atom is 0.0797 e.